The third-order valence-electron chi connectivity index (χ3n) is 5.82. The zero-order valence-electron chi connectivity index (χ0n) is 20.0. The summed E-state index contributed by atoms with van der Waals surface area (Å²) in [5, 5.41) is 13.8. The Morgan fingerprint density at radius 2 is 1.94 bits per heavy atom. The Morgan fingerprint density at radius 3 is 2.50 bits per heavy atom. The van der Waals surface area contributed by atoms with E-state index in [1.165, 1.54) is 12.8 Å². The quantitative estimate of drug-likeness (QED) is 0.495. The summed E-state index contributed by atoms with van der Waals surface area (Å²) in [6.45, 7) is 11.3. The van der Waals surface area contributed by atoms with Crippen molar-refractivity contribution < 1.29 is 14.6 Å². The van der Waals surface area contributed by atoms with Gasteiger partial charge in [0.25, 0.3) is 0 Å². The topological polar surface area (TPSA) is 90.3 Å². The van der Waals surface area contributed by atoms with Gasteiger partial charge in [-0.1, -0.05) is 0 Å². The highest BCUT2D eigenvalue weighted by atomic mass is 16.6. The average Bonchev–Trinajstić information content (AvgIpc) is 3.58. The molecule has 2 fully saturated rings. The fourth-order valence-corrected chi connectivity index (χ4v) is 3.95. The lowest BCUT2D eigenvalue weighted by atomic mass is 10.0. The number of hydrogen-bond acceptors (Lipinski definition) is 5. The summed E-state index contributed by atoms with van der Waals surface area (Å²) in [5.74, 6) is 1.43. The maximum Gasteiger partial charge on any atom is 0.410 e. The van der Waals surface area contributed by atoms with Crippen LogP contribution in [0.5, 0.6) is 0 Å². The summed E-state index contributed by atoms with van der Waals surface area (Å²) in [6.07, 6.45) is 6.66. The van der Waals surface area contributed by atoms with Crippen LogP contribution in [0.1, 0.15) is 65.0 Å². The number of amides is 1. The van der Waals surface area contributed by atoms with Crippen molar-refractivity contribution in [1.82, 2.24) is 20.1 Å². The van der Waals surface area contributed by atoms with E-state index in [0.29, 0.717) is 5.92 Å². The number of ether oxygens (including phenoxy) is 1. The molecule has 1 atom stereocenters. The molecule has 1 saturated carbocycles. The van der Waals surface area contributed by atoms with Crippen LogP contribution in [0.15, 0.2) is 29.5 Å². The number of aliphatic hydroxyl groups is 1. The lowest BCUT2D eigenvalue weighted by Gasteiger charge is -2.40. The Bertz CT molecular complexity index is 753. The Morgan fingerprint density at radius 1 is 1.28 bits per heavy atom. The molecule has 0 radical (unpaired) electrons. The number of aromatic nitrogens is 1. The fraction of sp³-hybridized carbons (Fsp3) is 0.708. The third kappa shape index (κ3) is 7.36. The zero-order chi connectivity index (χ0) is 23.1. The van der Waals surface area contributed by atoms with Crippen LogP contribution in [0.2, 0.25) is 0 Å². The number of nitrogens with one attached hydrogen (secondary N) is 1. The van der Waals surface area contributed by atoms with Gasteiger partial charge in [-0.25, -0.2) is 4.79 Å². The summed E-state index contributed by atoms with van der Waals surface area (Å²) in [4.78, 5) is 25.7. The molecule has 0 bridgehead atoms. The first kappa shape index (κ1) is 24.3. The molecule has 1 aromatic heterocycles. The van der Waals surface area contributed by atoms with E-state index in [9.17, 15) is 9.90 Å². The van der Waals surface area contributed by atoms with Gasteiger partial charge in [0.2, 0.25) is 0 Å². The zero-order valence-corrected chi connectivity index (χ0v) is 20.0. The number of carbonyl (C=O) groups is 1. The first-order chi connectivity index (χ1) is 15.3. The van der Waals surface area contributed by atoms with Crippen molar-refractivity contribution in [2.45, 2.75) is 71.1 Å². The van der Waals surface area contributed by atoms with Crippen molar-refractivity contribution in [3.63, 3.8) is 0 Å². The highest BCUT2D eigenvalue weighted by molar-refractivity contribution is 5.80. The van der Waals surface area contributed by atoms with E-state index in [0.717, 1.165) is 50.5 Å². The van der Waals surface area contributed by atoms with Gasteiger partial charge in [0, 0.05) is 44.6 Å². The first-order valence-corrected chi connectivity index (χ1v) is 11.9. The average molecular weight is 446 g/mol. The molecule has 178 valence electrons. The number of nitrogens with zero attached hydrogens (tertiary/aromatic N) is 4. The Kier molecular flexibility index (Phi) is 8.34. The van der Waals surface area contributed by atoms with E-state index in [1.54, 1.807) is 12.4 Å². The van der Waals surface area contributed by atoms with Gasteiger partial charge >= 0.3 is 6.09 Å². The number of carbonyl (C=O) groups excluding carboxylic acids is 1. The van der Waals surface area contributed by atoms with Gasteiger partial charge < -0.3 is 25.0 Å². The predicted octanol–water partition coefficient (Wildman–Crippen LogP) is 3.19. The summed E-state index contributed by atoms with van der Waals surface area (Å²) >= 11 is 0. The van der Waals surface area contributed by atoms with Gasteiger partial charge in [0.15, 0.2) is 5.96 Å². The predicted molar refractivity (Wildman–Crippen MR) is 125 cm³/mol. The molecule has 0 aromatic carbocycles. The molecule has 1 aliphatic carbocycles. The van der Waals surface area contributed by atoms with E-state index in [4.69, 9.17) is 4.74 Å². The van der Waals surface area contributed by atoms with Crippen LogP contribution >= 0.6 is 0 Å². The van der Waals surface area contributed by atoms with E-state index < -0.39 is 11.7 Å². The van der Waals surface area contributed by atoms with Crippen molar-refractivity contribution in [2.75, 3.05) is 32.7 Å². The molecule has 2 heterocycles. The number of likely N-dealkylation sites (tertiary alicyclic amines) is 1. The highest BCUT2D eigenvalue weighted by Gasteiger charge is 2.35. The number of aliphatic hydroxyl groups excluding tert-OH is 1. The summed E-state index contributed by atoms with van der Waals surface area (Å²) < 4.78 is 5.71. The van der Waals surface area contributed by atoms with Crippen LogP contribution in [-0.4, -0.2) is 76.3 Å². The van der Waals surface area contributed by atoms with Crippen molar-refractivity contribution >= 4 is 12.1 Å². The number of piperidine rings is 1. The molecule has 32 heavy (non-hydrogen) atoms. The Hall–Kier alpha value is -2.35. The smallest absolute Gasteiger partial charge is 0.410 e. The second-order valence-corrected chi connectivity index (χ2v) is 9.79. The number of aliphatic imine (C=N–C) groups is 1. The monoisotopic (exact) mass is 445 g/mol. The second-order valence-electron chi connectivity index (χ2n) is 9.79. The van der Waals surface area contributed by atoms with Crippen LogP contribution in [0, 0.1) is 5.92 Å². The molecule has 1 saturated heterocycles. The molecule has 8 heteroatoms. The van der Waals surface area contributed by atoms with Crippen LogP contribution in [0.25, 0.3) is 0 Å². The fourth-order valence-electron chi connectivity index (χ4n) is 3.95. The maximum atomic E-state index is 12.9. The molecule has 1 amide bonds. The van der Waals surface area contributed by atoms with Gasteiger partial charge in [0.05, 0.1) is 12.6 Å². The number of pyridine rings is 1. The molecule has 0 spiro atoms. The maximum absolute atomic E-state index is 12.9. The van der Waals surface area contributed by atoms with Crippen LogP contribution in [-0.2, 0) is 4.74 Å². The molecule has 2 aliphatic rings. The normalized spacial score (nSPS) is 18.9. The van der Waals surface area contributed by atoms with Gasteiger partial charge in [-0.15, -0.1) is 0 Å². The molecule has 1 unspecified atom stereocenters. The standard InChI is InChI=1S/C24H39N5O3/c1-5-26-22(27-16-21(30)19-8-12-25-13-9-19)28-14-10-20(11-15-28)29(17-18-6-7-18)23(31)32-24(2,3)4/h8-9,12-13,18,20-21,30H,5-7,10-11,14-17H2,1-4H3,(H,26,27). The summed E-state index contributed by atoms with van der Waals surface area (Å²) in [5.41, 5.74) is 0.325. The molecule has 3 rings (SSSR count). The molecule has 1 aliphatic heterocycles. The van der Waals surface area contributed by atoms with Crippen LogP contribution in [0.3, 0.4) is 0 Å². The molecular formula is C24H39N5O3. The van der Waals surface area contributed by atoms with Crippen LogP contribution in [0.4, 0.5) is 4.79 Å². The molecule has 8 nitrogen and oxygen atoms in total. The van der Waals surface area contributed by atoms with E-state index in [-0.39, 0.29) is 18.7 Å². The minimum Gasteiger partial charge on any atom is -0.444 e. The number of rotatable bonds is 7. The minimum absolute atomic E-state index is 0.187. The van der Waals surface area contributed by atoms with Gasteiger partial charge in [-0.3, -0.25) is 9.98 Å². The Balaban J connectivity index is 1.59. The second kappa shape index (κ2) is 11.0. The molecule has 2 N–H and O–H groups in total. The number of guanidine groups is 1. The van der Waals surface area contributed by atoms with Crippen molar-refractivity contribution in [3.05, 3.63) is 30.1 Å². The van der Waals surface area contributed by atoms with Gasteiger partial charge in [-0.2, -0.15) is 0 Å². The summed E-state index contributed by atoms with van der Waals surface area (Å²) in [6, 6.07) is 3.81. The third-order valence-corrected chi connectivity index (χ3v) is 5.82. The van der Waals surface area contributed by atoms with Crippen molar-refractivity contribution in [3.8, 4) is 0 Å². The molecule has 1 aromatic rings. The van der Waals surface area contributed by atoms with Gasteiger partial charge in [-0.05, 0) is 77.0 Å². The summed E-state index contributed by atoms with van der Waals surface area (Å²) in [7, 11) is 0. The lowest BCUT2D eigenvalue weighted by molar-refractivity contribution is 0.00927. The van der Waals surface area contributed by atoms with Gasteiger partial charge in [0.1, 0.15) is 5.60 Å². The SMILES string of the molecule is CCNC(=NCC(O)c1ccncc1)N1CCC(N(CC2CC2)C(=O)OC(C)(C)C)CC1. The number of hydrogen-bond donors (Lipinski definition) is 2. The minimum atomic E-state index is -0.662. The Labute approximate surface area is 192 Å². The van der Waals surface area contributed by atoms with Crippen molar-refractivity contribution in [2.24, 2.45) is 10.9 Å². The lowest BCUT2D eigenvalue weighted by Crippen LogP contribution is -2.52. The van der Waals surface area contributed by atoms with E-state index in [2.05, 4.69) is 20.2 Å². The highest BCUT2D eigenvalue weighted by Crippen LogP contribution is 2.32. The van der Waals surface area contributed by atoms with Crippen molar-refractivity contribution in [1.29, 1.82) is 0 Å². The van der Waals surface area contributed by atoms with E-state index in [1.807, 2.05) is 44.7 Å². The first-order valence-electron chi connectivity index (χ1n) is 11.9. The van der Waals surface area contributed by atoms with E-state index >= 15 is 0 Å². The van der Waals surface area contributed by atoms with Crippen LogP contribution < -0.4 is 5.32 Å². The largest absolute Gasteiger partial charge is 0.444 e. The molecular weight excluding hydrogens is 406 g/mol.